The molecule has 8 nitrogen and oxygen atoms in total. The normalized spacial score (nSPS) is 16.1. The van der Waals surface area contributed by atoms with Crippen LogP contribution in [0.2, 0.25) is 0 Å². The highest BCUT2D eigenvalue weighted by Gasteiger charge is 2.55. The minimum absolute atomic E-state index is 0.0978. The molecule has 1 aromatic heterocycles. The van der Waals surface area contributed by atoms with Crippen LogP contribution in [0.5, 0.6) is 0 Å². The zero-order valence-electron chi connectivity index (χ0n) is 17.8. The molecule has 0 saturated heterocycles. The summed E-state index contributed by atoms with van der Waals surface area (Å²) in [6.45, 7) is 2.93. The number of benzene rings is 1. The average molecular weight is 454 g/mol. The molecule has 1 unspecified atom stereocenters. The van der Waals surface area contributed by atoms with Gasteiger partial charge in [-0.1, -0.05) is 13.0 Å². The van der Waals surface area contributed by atoms with E-state index in [1.165, 1.54) is 29.8 Å². The van der Waals surface area contributed by atoms with Gasteiger partial charge in [-0.3, -0.25) is 14.1 Å². The molecule has 1 atom stereocenters. The summed E-state index contributed by atoms with van der Waals surface area (Å²) >= 11 is 0. The van der Waals surface area contributed by atoms with E-state index in [-0.39, 0.29) is 29.2 Å². The molecule has 0 aliphatic heterocycles. The maximum atomic E-state index is 14.5. The average Bonchev–Trinajstić information content (AvgIpc) is 3.51. The smallest absolute Gasteiger partial charge is 0.254 e. The van der Waals surface area contributed by atoms with E-state index in [1.807, 2.05) is 6.92 Å². The maximum Gasteiger partial charge on any atom is 0.254 e. The lowest BCUT2D eigenvalue weighted by molar-refractivity contribution is 0.0858. The molecule has 1 aromatic carbocycles. The Hall–Kier alpha value is -2.43. The van der Waals surface area contributed by atoms with Gasteiger partial charge in [-0.25, -0.2) is 12.8 Å². The lowest BCUT2D eigenvalue weighted by Crippen LogP contribution is -2.35. The van der Waals surface area contributed by atoms with Crippen molar-refractivity contribution in [3.8, 4) is 0 Å². The van der Waals surface area contributed by atoms with Crippen molar-refractivity contribution in [3.63, 3.8) is 0 Å². The quantitative estimate of drug-likeness (QED) is 0.462. The summed E-state index contributed by atoms with van der Waals surface area (Å²) in [7, 11) is -2.49. The van der Waals surface area contributed by atoms with Gasteiger partial charge < -0.3 is 15.5 Å². The summed E-state index contributed by atoms with van der Waals surface area (Å²) in [6, 6.07) is 6.07. The maximum absolute atomic E-state index is 14.5. The Morgan fingerprint density at radius 2 is 1.94 bits per heavy atom. The molecule has 10 heteroatoms. The molecular weight excluding hydrogens is 425 g/mol. The van der Waals surface area contributed by atoms with Crippen molar-refractivity contribution in [1.29, 1.82) is 0 Å². The third kappa shape index (κ3) is 4.60. The van der Waals surface area contributed by atoms with E-state index >= 15 is 0 Å². The summed E-state index contributed by atoms with van der Waals surface area (Å²) in [4.78, 5) is 12.5. The van der Waals surface area contributed by atoms with Crippen LogP contribution in [0, 0.1) is 12.7 Å². The largest absolute Gasteiger partial charge is 0.394 e. The molecule has 1 aliphatic rings. The van der Waals surface area contributed by atoms with Crippen molar-refractivity contribution in [2.45, 2.75) is 50.4 Å². The van der Waals surface area contributed by atoms with Crippen molar-refractivity contribution in [2.24, 2.45) is 7.05 Å². The highest BCUT2D eigenvalue weighted by atomic mass is 32.2. The fourth-order valence-corrected chi connectivity index (χ4v) is 5.31. The number of nitrogens with zero attached hydrogens (tertiary/aromatic N) is 1. The molecule has 31 heavy (non-hydrogen) atoms. The topological polar surface area (TPSA) is 121 Å². The minimum atomic E-state index is -3.96. The number of halogens is 1. The van der Waals surface area contributed by atoms with Gasteiger partial charge in [0.15, 0.2) is 0 Å². The van der Waals surface area contributed by atoms with Gasteiger partial charge in [0.25, 0.3) is 5.56 Å². The third-order valence-corrected chi connectivity index (χ3v) is 7.93. The van der Waals surface area contributed by atoms with Gasteiger partial charge in [0.2, 0.25) is 10.0 Å². The number of anilines is 3. The van der Waals surface area contributed by atoms with Gasteiger partial charge in [-0.2, -0.15) is 0 Å². The van der Waals surface area contributed by atoms with Crippen molar-refractivity contribution in [3.05, 3.63) is 51.6 Å². The summed E-state index contributed by atoms with van der Waals surface area (Å²) < 4.78 is 43.3. The van der Waals surface area contributed by atoms with E-state index in [0.717, 1.165) is 5.56 Å². The van der Waals surface area contributed by atoms with E-state index < -0.39 is 33.3 Å². The van der Waals surface area contributed by atoms with Crippen LogP contribution >= 0.6 is 0 Å². The van der Waals surface area contributed by atoms with E-state index in [4.69, 9.17) is 5.11 Å². The summed E-state index contributed by atoms with van der Waals surface area (Å²) in [5.41, 5.74) is 0.970. The second-order valence-electron chi connectivity index (χ2n) is 8.08. The second kappa shape index (κ2) is 8.60. The highest BCUT2D eigenvalue weighted by Crippen LogP contribution is 2.48. The minimum Gasteiger partial charge on any atom is -0.394 e. The summed E-state index contributed by atoms with van der Waals surface area (Å²) in [5, 5.41) is 21.7. The SMILES string of the molecule is CCc1ccc(Nc2c(NS(=O)(=O)C3(CC(O)CO)CC3)cc(C)c(=O)n2C)c(F)c1. The number of rotatable bonds is 9. The zero-order valence-corrected chi connectivity index (χ0v) is 18.6. The molecule has 0 amide bonds. The standard InChI is InChI=1S/C21H28FN3O5S/c1-4-14-5-6-17(16(22)10-14)23-19-18(9-13(2)20(28)25(19)3)24-31(29,30)21(7-8-21)11-15(27)12-26/h5-6,9-10,15,23-24,26-27H,4,7-8,11-12H2,1-3H3. The molecule has 1 saturated carbocycles. The summed E-state index contributed by atoms with van der Waals surface area (Å²) in [6.07, 6.45) is 0.108. The fraction of sp³-hybridized carbons (Fsp3) is 0.476. The van der Waals surface area contributed by atoms with Crippen LogP contribution in [-0.4, -0.2) is 40.7 Å². The number of aliphatic hydroxyl groups is 2. The first-order chi connectivity index (χ1) is 14.5. The van der Waals surface area contributed by atoms with Crippen molar-refractivity contribution < 1.29 is 23.0 Å². The number of aliphatic hydroxyl groups excluding tert-OH is 2. The van der Waals surface area contributed by atoms with Gasteiger partial charge in [-0.15, -0.1) is 0 Å². The van der Waals surface area contributed by atoms with Gasteiger partial charge in [0, 0.05) is 12.6 Å². The highest BCUT2D eigenvalue weighted by molar-refractivity contribution is 7.94. The Morgan fingerprint density at radius 1 is 1.26 bits per heavy atom. The Kier molecular flexibility index (Phi) is 6.45. The van der Waals surface area contributed by atoms with Crippen LogP contribution in [0.25, 0.3) is 0 Å². The first kappa shape index (κ1) is 23.2. The number of pyridine rings is 1. The van der Waals surface area contributed by atoms with Crippen LogP contribution < -0.4 is 15.6 Å². The first-order valence-electron chi connectivity index (χ1n) is 10.1. The van der Waals surface area contributed by atoms with Crippen molar-refractivity contribution >= 4 is 27.2 Å². The molecule has 3 rings (SSSR count). The summed E-state index contributed by atoms with van der Waals surface area (Å²) in [5.74, 6) is -0.424. The molecule has 1 fully saturated rings. The van der Waals surface area contributed by atoms with E-state index in [2.05, 4.69) is 10.0 Å². The fourth-order valence-electron chi connectivity index (χ4n) is 3.60. The lowest BCUT2D eigenvalue weighted by Gasteiger charge is -2.23. The molecule has 1 heterocycles. The van der Waals surface area contributed by atoms with Crippen LogP contribution in [0.4, 0.5) is 21.6 Å². The second-order valence-corrected chi connectivity index (χ2v) is 10.2. The third-order valence-electron chi connectivity index (χ3n) is 5.73. The Labute approximate surface area is 180 Å². The van der Waals surface area contributed by atoms with E-state index in [1.54, 1.807) is 13.0 Å². The molecule has 0 spiro atoms. The van der Waals surface area contributed by atoms with Crippen LogP contribution in [0.15, 0.2) is 29.1 Å². The van der Waals surface area contributed by atoms with Gasteiger partial charge in [0.1, 0.15) is 11.6 Å². The van der Waals surface area contributed by atoms with Crippen molar-refractivity contribution in [2.75, 3.05) is 16.6 Å². The van der Waals surface area contributed by atoms with Gasteiger partial charge >= 0.3 is 0 Å². The monoisotopic (exact) mass is 453 g/mol. The Bertz CT molecular complexity index is 1140. The molecule has 1 aliphatic carbocycles. The number of aryl methyl sites for hydroxylation is 2. The molecule has 4 N–H and O–H groups in total. The molecule has 2 aromatic rings. The lowest BCUT2D eigenvalue weighted by atomic mass is 10.1. The van der Waals surface area contributed by atoms with Crippen LogP contribution in [-0.2, 0) is 23.5 Å². The van der Waals surface area contributed by atoms with E-state index in [0.29, 0.717) is 24.8 Å². The number of hydrogen-bond donors (Lipinski definition) is 4. The predicted molar refractivity (Wildman–Crippen MR) is 118 cm³/mol. The zero-order chi connectivity index (χ0) is 23.0. The molecule has 0 bridgehead atoms. The predicted octanol–water partition coefficient (Wildman–Crippen LogP) is 2.16. The van der Waals surface area contributed by atoms with Crippen molar-refractivity contribution in [1.82, 2.24) is 4.57 Å². The van der Waals surface area contributed by atoms with Crippen LogP contribution in [0.1, 0.15) is 37.3 Å². The Balaban J connectivity index is 2.00. The number of nitrogens with one attached hydrogen (secondary N) is 2. The van der Waals surface area contributed by atoms with Crippen LogP contribution in [0.3, 0.4) is 0 Å². The van der Waals surface area contributed by atoms with E-state index in [9.17, 15) is 22.7 Å². The first-order valence-corrected chi connectivity index (χ1v) is 11.6. The number of hydrogen-bond acceptors (Lipinski definition) is 6. The van der Waals surface area contributed by atoms with Gasteiger partial charge in [0.05, 0.1) is 28.8 Å². The Morgan fingerprint density at radius 3 is 2.48 bits per heavy atom. The number of aromatic nitrogens is 1. The molecule has 170 valence electrons. The number of sulfonamides is 1. The van der Waals surface area contributed by atoms with Gasteiger partial charge in [-0.05, 0) is 56.4 Å². The molecule has 0 radical (unpaired) electrons. The molecular formula is C21H28FN3O5S.